The van der Waals surface area contributed by atoms with Crippen LogP contribution in [0.4, 0.5) is 11.5 Å². The summed E-state index contributed by atoms with van der Waals surface area (Å²) in [4.78, 5) is 18.6. The van der Waals surface area contributed by atoms with Crippen molar-refractivity contribution in [2.45, 2.75) is 71.3 Å². The van der Waals surface area contributed by atoms with Gasteiger partial charge in [-0.05, 0) is 36.3 Å². The van der Waals surface area contributed by atoms with Crippen molar-refractivity contribution in [3.63, 3.8) is 0 Å². The van der Waals surface area contributed by atoms with Crippen LogP contribution in [0.3, 0.4) is 0 Å². The number of esters is 1. The van der Waals surface area contributed by atoms with E-state index < -0.39 is 0 Å². The number of nitrogen functional groups attached to an aromatic ring is 1. The molecule has 2 N–H and O–H groups in total. The van der Waals surface area contributed by atoms with Crippen LogP contribution in [0.1, 0.15) is 70.8 Å². The largest absolute Gasteiger partial charge is 0.469 e. The predicted octanol–water partition coefficient (Wildman–Crippen LogP) is 4.13. The summed E-state index contributed by atoms with van der Waals surface area (Å²) >= 11 is 0. The molecule has 5 nitrogen and oxygen atoms in total. The number of hydrogen-bond donors (Lipinski definition) is 1. The van der Waals surface area contributed by atoms with Crippen LogP contribution in [-0.4, -0.2) is 30.6 Å². The highest BCUT2D eigenvalue weighted by molar-refractivity contribution is 5.71. The lowest BCUT2D eigenvalue weighted by Gasteiger charge is -2.37. The minimum atomic E-state index is -0.209. The maximum absolute atomic E-state index is 11.5. The van der Waals surface area contributed by atoms with E-state index in [1.54, 1.807) is 0 Å². The van der Waals surface area contributed by atoms with Crippen LogP contribution in [0.15, 0.2) is 12.3 Å². The minimum absolute atomic E-state index is 0.0459. The number of nitrogens with two attached hydrogens (primary N) is 1. The van der Waals surface area contributed by atoms with E-state index in [0.717, 1.165) is 17.9 Å². The highest BCUT2D eigenvalue weighted by Crippen LogP contribution is 2.32. The van der Waals surface area contributed by atoms with Crippen molar-refractivity contribution in [3.8, 4) is 0 Å². The van der Waals surface area contributed by atoms with Gasteiger partial charge in [0, 0.05) is 18.8 Å². The van der Waals surface area contributed by atoms with Crippen LogP contribution >= 0.6 is 0 Å². The molecule has 1 aromatic heterocycles. The Kier molecular flexibility index (Phi) is 7.09. The second-order valence-corrected chi connectivity index (χ2v) is 7.70. The molecular formula is C20H33N3O2. The summed E-state index contributed by atoms with van der Waals surface area (Å²) < 4.78 is 4.76. The van der Waals surface area contributed by atoms with Crippen LogP contribution in [-0.2, 0) is 9.53 Å². The van der Waals surface area contributed by atoms with E-state index in [-0.39, 0.29) is 11.9 Å². The van der Waals surface area contributed by atoms with Gasteiger partial charge in [0.25, 0.3) is 0 Å². The van der Waals surface area contributed by atoms with Crippen molar-refractivity contribution >= 4 is 17.5 Å². The van der Waals surface area contributed by atoms with Crippen LogP contribution in [0.2, 0.25) is 0 Å². The van der Waals surface area contributed by atoms with Gasteiger partial charge in [0.15, 0.2) is 5.82 Å². The van der Waals surface area contributed by atoms with Crippen LogP contribution < -0.4 is 10.6 Å². The molecule has 1 aromatic rings. The molecule has 1 atom stereocenters. The van der Waals surface area contributed by atoms with Crippen LogP contribution in [0, 0.1) is 5.92 Å². The zero-order chi connectivity index (χ0) is 18.4. The fourth-order valence-corrected chi connectivity index (χ4v) is 3.65. The summed E-state index contributed by atoms with van der Waals surface area (Å²) in [6, 6.07) is 2.51. The zero-order valence-electron chi connectivity index (χ0n) is 16.1. The number of rotatable bonds is 7. The summed E-state index contributed by atoms with van der Waals surface area (Å²) in [5.41, 5.74) is 8.08. The number of ether oxygens (including phenoxy) is 1. The van der Waals surface area contributed by atoms with Gasteiger partial charge in [-0.3, -0.25) is 4.79 Å². The van der Waals surface area contributed by atoms with Gasteiger partial charge < -0.3 is 15.4 Å². The van der Waals surface area contributed by atoms with E-state index in [1.165, 1.54) is 39.2 Å². The van der Waals surface area contributed by atoms with Gasteiger partial charge in [0.2, 0.25) is 0 Å². The first kappa shape index (κ1) is 19.5. The van der Waals surface area contributed by atoms with E-state index in [1.807, 2.05) is 19.2 Å². The number of anilines is 2. The number of pyridine rings is 1. The number of carbonyl (C=O) groups excluding carboxylic acids is 1. The topological polar surface area (TPSA) is 68.5 Å². The molecular weight excluding hydrogens is 314 g/mol. The number of nitrogens with zero attached hydrogens (tertiary/aromatic N) is 2. The highest BCUT2D eigenvalue weighted by atomic mass is 16.5. The van der Waals surface area contributed by atoms with Gasteiger partial charge in [0.05, 0.1) is 19.2 Å². The van der Waals surface area contributed by atoms with Crippen LogP contribution in [0.5, 0.6) is 0 Å². The average molecular weight is 348 g/mol. The Labute approximate surface area is 151 Å². The van der Waals surface area contributed by atoms with E-state index in [4.69, 9.17) is 15.5 Å². The fraction of sp³-hybridized carbons (Fsp3) is 0.700. The molecule has 25 heavy (non-hydrogen) atoms. The van der Waals surface area contributed by atoms with Gasteiger partial charge in [-0.1, -0.05) is 40.0 Å². The lowest BCUT2D eigenvalue weighted by atomic mass is 9.93. The summed E-state index contributed by atoms with van der Waals surface area (Å²) in [5.74, 6) is 1.29. The maximum atomic E-state index is 11.5. The maximum Gasteiger partial charge on any atom is 0.306 e. The molecule has 0 aliphatic heterocycles. The Morgan fingerprint density at radius 1 is 1.32 bits per heavy atom. The standard InChI is InChI=1S/C20H33N3O2/c1-14(2)13-23(17-8-6-5-7-9-17)20-18(21)11-16(12-22-20)15(3)10-19(24)25-4/h11-12,14-15,17H,5-10,13,21H2,1-4H3/t15-/m1/s1. The Balaban J connectivity index is 2.21. The molecule has 140 valence electrons. The van der Waals surface area contributed by atoms with Crippen molar-refractivity contribution in [2.75, 3.05) is 24.3 Å². The smallest absolute Gasteiger partial charge is 0.306 e. The number of carbonyl (C=O) groups is 1. The molecule has 1 aliphatic carbocycles. The second-order valence-electron chi connectivity index (χ2n) is 7.70. The first-order valence-electron chi connectivity index (χ1n) is 9.51. The van der Waals surface area contributed by atoms with Gasteiger partial charge in [-0.25, -0.2) is 4.98 Å². The second kappa shape index (κ2) is 9.07. The molecule has 1 fully saturated rings. The van der Waals surface area contributed by atoms with Crippen molar-refractivity contribution in [1.82, 2.24) is 4.98 Å². The Morgan fingerprint density at radius 2 is 2.00 bits per heavy atom. The highest BCUT2D eigenvalue weighted by Gasteiger charge is 2.25. The fourth-order valence-electron chi connectivity index (χ4n) is 3.65. The number of hydrogen-bond acceptors (Lipinski definition) is 5. The minimum Gasteiger partial charge on any atom is -0.469 e. The first-order valence-corrected chi connectivity index (χ1v) is 9.51. The summed E-state index contributed by atoms with van der Waals surface area (Å²) in [6.07, 6.45) is 8.55. The van der Waals surface area contributed by atoms with Crippen LogP contribution in [0.25, 0.3) is 0 Å². The molecule has 1 heterocycles. The third-order valence-electron chi connectivity index (χ3n) is 5.04. The molecule has 2 rings (SSSR count). The van der Waals surface area contributed by atoms with Gasteiger partial charge >= 0.3 is 5.97 Å². The summed E-state index contributed by atoms with van der Waals surface area (Å²) in [7, 11) is 1.42. The molecule has 0 aromatic carbocycles. The number of aromatic nitrogens is 1. The van der Waals surface area contributed by atoms with Crippen molar-refractivity contribution < 1.29 is 9.53 Å². The third kappa shape index (κ3) is 5.35. The third-order valence-corrected chi connectivity index (χ3v) is 5.04. The molecule has 0 amide bonds. The van der Waals surface area contributed by atoms with Crippen molar-refractivity contribution in [1.29, 1.82) is 0 Å². The SMILES string of the molecule is COC(=O)C[C@@H](C)c1cnc(N(CC(C)C)C2CCCCC2)c(N)c1. The molecule has 0 spiro atoms. The lowest BCUT2D eigenvalue weighted by molar-refractivity contribution is -0.140. The Hall–Kier alpha value is -1.78. The first-order chi connectivity index (χ1) is 11.9. The molecule has 0 saturated heterocycles. The summed E-state index contributed by atoms with van der Waals surface area (Å²) in [5, 5.41) is 0. The predicted molar refractivity (Wildman–Crippen MR) is 103 cm³/mol. The Morgan fingerprint density at radius 3 is 2.56 bits per heavy atom. The van der Waals surface area contributed by atoms with E-state index in [0.29, 0.717) is 24.1 Å². The average Bonchev–Trinajstić information content (AvgIpc) is 2.60. The zero-order valence-corrected chi connectivity index (χ0v) is 16.1. The summed E-state index contributed by atoms with van der Waals surface area (Å²) in [6.45, 7) is 7.44. The van der Waals surface area contributed by atoms with Gasteiger partial charge in [-0.15, -0.1) is 0 Å². The molecule has 1 aliphatic rings. The molecule has 0 bridgehead atoms. The van der Waals surface area contributed by atoms with E-state index in [2.05, 4.69) is 18.7 Å². The number of methoxy groups -OCH3 is 1. The molecule has 0 unspecified atom stereocenters. The monoisotopic (exact) mass is 347 g/mol. The molecule has 1 saturated carbocycles. The normalized spacial score (nSPS) is 16.7. The van der Waals surface area contributed by atoms with Gasteiger partial charge in [0.1, 0.15) is 0 Å². The van der Waals surface area contributed by atoms with Crippen molar-refractivity contribution in [2.24, 2.45) is 5.92 Å². The quantitative estimate of drug-likeness (QED) is 0.751. The van der Waals surface area contributed by atoms with Gasteiger partial charge in [-0.2, -0.15) is 0 Å². The van der Waals surface area contributed by atoms with E-state index in [9.17, 15) is 4.79 Å². The molecule has 5 heteroatoms. The van der Waals surface area contributed by atoms with Crippen molar-refractivity contribution in [3.05, 3.63) is 17.8 Å². The lowest BCUT2D eigenvalue weighted by Crippen LogP contribution is -2.40. The molecule has 0 radical (unpaired) electrons. The van der Waals surface area contributed by atoms with E-state index >= 15 is 0 Å². The Bertz CT molecular complexity index is 568.